The molecule has 0 saturated heterocycles. The Bertz CT molecular complexity index is 1490. The lowest BCUT2D eigenvalue weighted by Crippen LogP contribution is -2.39. The molecule has 0 radical (unpaired) electrons. The fraction of sp³-hybridized carbons (Fsp3) is 0.143. The molecule has 5 rings (SSSR count). The molecule has 5 nitrogen and oxygen atoms in total. The van der Waals surface area contributed by atoms with Gasteiger partial charge in [-0.2, -0.15) is 0 Å². The van der Waals surface area contributed by atoms with E-state index in [1.165, 1.54) is 4.31 Å². The summed E-state index contributed by atoms with van der Waals surface area (Å²) in [5, 5.41) is 13.4. The molecule has 0 amide bonds. The van der Waals surface area contributed by atoms with Crippen LogP contribution < -0.4 is 4.31 Å². The number of anilines is 1. The molecule has 5 aromatic rings. The van der Waals surface area contributed by atoms with E-state index >= 15 is 0 Å². The summed E-state index contributed by atoms with van der Waals surface area (Å²) in [6.07, 6.45) is -0.931. The summed E-state index contributed by atoms with van der Waals surface area (Å²) in [4.78, 5) is 0.200. The van der Waals surface area contributed by atoms with Gasteiger partial charge in [-0.25, -0.2) is 8.42 Å². The van der Waals surface area contributed by atoms with Crippen molar-refractivity contribution in [2.45, 2.75) is 24.5 Å². The molecule has 0 saturated carbocycles. The number of benzene rings is 4. The monoisotopic (exact) mass is 470 g/mol. The Morgan fingerprint density at radius 1 is 0.765 bits per heavy atom. The van der Waals surface area contributed by atoms with Crippen LogP contribution in [-0.4, -0.2) is 30.7 Å². The van der Waals surface area contributed by atoms with Crippen molar-refractivity contribution in [2.75, 3.05) is 10.8 Å². The van der Waals surface area contributed by atoms with Gasteiger partial charge in [0.25, 0.3) is 10.0 Å². The lowest BCUT2D eigenvalue weighted by Gasteiger charge is -2.27. The van der Waals surface area contributed by atoms with Crippen LogP contribution in [0.15, 0.2) is 108 Å². The first-order valence-electron chi connectivity index (χ1n) is 11.2. The normalized spacial score (nSPS) is 12.8. The van der Waals surface area contributed by atoms with Gasteiger partial charge >= 0.3 is 0 Å². The number of aliphatic hydroxyl groups excluding tert-OH is 1. The van der Waals surface area contributed by atoms with Crippen molar-refractivity contribution in [1.29, 1.82) is 0 Å². The van der Waals surface area contributed by atoms with E-state index in [0.717, 1.165) is 27.4 Å². The fourth-order valence-electron chi connectivity index (χ4n) is 4.43. The van der Waals surface area contributed by atoms with Crippen molar-refractivity contribution in [3.05, 3.63) is 109 Å². The highest BCUT2D eigenvalue weighted by atomic mass is 32.2. The third-order valence-electron chi connectivity index (χ3n) is 6.10. The average molecular weight is 471 g/mol. The van der Waals surface area contributed by atoms with Crippen molar-refractivity contribution < 1.29 is 13.5 Å². The van der Waals surface area contributed by atoms with Gasteiger partial charge in [-0.3, -0.25) is 4.31 Å². The second-order valence-corrected chi connectivity index (χ2v) is 10.3. The highest BCUT2D eigenvalue weighted by molar-refractivity contribution is 7.92. The van der Waals surface area contributed by atoms with Crippen LogP contribution in [0.4, 0.5) is 5.69 Å². The van der Waals surface area contributed by atoms with Gasteiger partial charge in [0.1, 0.15) is 0 Å². The maximum atomic E-state index is 13.6. The molecule has 0 aliphatic rings. The number of hydrogen-bond acceptors (Lipinski definition) is 3. The SMILES string of the molecule is Cc1ccc(S(=O)(=O)N(C[C@H](O)Cn2c3ccccc3c3ccccc32)c2ccccc2)cc1. The van der Waals surface area contributed by atoms with Crippen LogP contribution in [0.3, 0.4) is 0 Å². The molecule has 6 heteroatoms. The summed E-state index contributed by atoms with van der Waals surface area (Å²) in [5.41, 5.74) is 3.52. The van der Waals surface area contributed by atoms with Gasteiger partial charge in [-0.05, 0) is 43.3 Å². The number of fused-ring (bicyclic) bond motifs is 3. The van der Waals surface area contributed by atoms with Gasteiger partial charge in [0.2, 0.25) is 0 Å². The van der Waals surface area contributed by atoms with Gasteiger partial charge in [0.05, 0.1) is 29.8 Å². The molecule has 172 valence electrons. The molecule has 1 N–H and O–H groups in total. The first-order chi connectivity index (χ1) is 16.4. The second kappa shape index (κ2) is 8.97. The van der Waals surface area contributed by atoms with E-state index in [4.69, 9.17) is 0 Å². The van der Waals surface area contributed by atoms with E-state index in [1.54, 1.807) is 48.5 Å². The van der Waals surface area contributed by atoms with Crippen LogP contribution in [0.1, 0.15) is 5.56 Å². The number of rotatable bonds is 7. The zero-order chi connectivity index (χ0) is 23.7. The molecule has 1 atom stereocenters. The van der Waals surface area contributed by atoms with E-state index in [1.807, 2.05) is 49.4 Å². The van der Waals surface area contributed by atoms with Crippen LogP contribution in [0.25, 0.3) is 21.8 Å². The highest BCUT2D eigenvalue weighted by Gasteiger charge is 2.27. The smallest absolute Gasteiger partial charge is 0.264 e. The van der Waals surface area contributed by atoms with Gasteiger partial charge in [-0.1, -0.05) is 72.3 Å². The second-order valence-electron chi connectivity index (χ2n) is 8.48. The number of para-hydroxylation sites is 3. The summed E-state index contributed by atoms with van der Waals surface area (Å²) in [5.74, 6) is 0. The minimum absolute atomic E-state index is 0.0684. The van der Waals surface area contributed by atoms with E-state index in [9.17, 15) is 13.5 Å². The van der Waals surface area contributed by atoms with Crippen molar-refractivity contribution in [3.63, 3.8) is 0 Å². The minimum Gasteiger partial charge on any atom is -0.389 e. The molecular weight excluding hydrogens is 444 g/mol. The highest BCUT2D eigenvalue weighted by Crippen LogP contribution is 2.30. The number of hydrogen-bond donors (Lipinski definition) is 1. The Morgan fingerprint density at radius 3 is 1.88 bits per heavy atom. The Balaban J connectivity index is 1.52. The first kappa shape index (κ1) is 22.2. The molecule has 4 aromatic carbocycles. The molecule has 0 aliphatic carbocycles. The molecule has 0 spiro atoms. The summed E-state index contributed by atoms with van der Waals surface area (Å²) in [6, 6.07) is 31.9. The molecule has 34 heavy (non-hydrogen) atoms. The first-order valence-corrected chi connectivity index (χ1v) is 12.7. The predicted octanol–water partition coefficient (Wildman–Crippen LogP) is 5.36. The summed E-state index contributed by atoms with van der Waals surface area (Å²) in [7, 11) is -3.87. The van der Waals surface area contributed by atoms with Crippen molar-refractivity contribution >= 4 is 37.5 Å². The largest absolute Gasteiger partial charge is 0.389 e. The molecule has 0 aliphatic heterocycles. The van der Waals surface area contributed by atoms with Crippen LogP contribution in [0.2, 0.25) is 0 Å². The maximum absolute atomic E-state index is 13.6. The Labute approximate surface area is 199 Å². The quantitative estimate of drug-likeness (QED) is 0.348. The molecule has 0 fully saturated rings. The minimum atomic E-state index is -3.87. The third kappa shape index (κ3) is 4.06. The van der Waals surface area contributed by atoms with Crippen LogP contribution in [0.5, 0.6) is 0 Å². The van der Waals surface area contributed by atoms with E-state index in [2.05, 4.69) is 16.7 Å². The summed E-state index contributed by atoms with van der Waals surface area (Å²) >= 11 is 0. The van der Waals surface area contributed by atoms with E-state index in [0.29, 0.717) is 5.69 Å². The van der Waals surface area contributed by atoms with E-state index < -0.39 is 16.1 Å². The molecular formula is C28H26N2O3S. The Hall–Kier alpha value is -3.61. The standard InChI is InChI=1S/C28H26N2O3S/c1-21-15-17-24(18-16-21)34(32,33)30(22-9-3-2-4-10-22)20-23(31)19-29-27-13-7-5-11-25(27)26-12-6-8-14-28(26)29/h2-18,23,31H,19-20H2,1H3/t23-/m1/s1. The van der Waals surface area contributed by atoms with Crippen molar-refractivity contribution in [1.82, 2.24) is 4.57 Å². The van der Waals surface area contributed by atoms with Gasteiger partial charge in [0.15, 0.2) is 0 Å². The zero-order valence-corrected chi connectivity index (χ0v) is 19.7. The van der Waals surface area contributed by atoms with Crippen LogP contribution in [-0.2, 0) is 16.6 Å². The number of aryl methyl sites for hydroxylation is 1. The van der Waals surface area contributed by atoms with Crippen molar-refractivity contribution in [3.8, 4) is 0 Å². The van der Waals surface area contributed by atoms with Gasteiger partial charge in [-0.15, -0.1) is 0 Å². The maximum Gasteiger partial charge on any atom is 0.264 e. The van der Waals surface area contributed by atoms with Crippen LogP contribution >= 0.6 is 0 Å². The number of nitrogens with zero attached hydrogens (tertiary/aromatic N) is 2. The van der Waals surface area contributed by atoms with Crippen LogP contribution in [0, 0.1) is 6.92 Å². The number of aromatic nitrogens is 1. The Kier molecular flexibility index (Phi) is 5.86. The third-order valence-corrected chi connectivity index (χ3v) is 7.91. The molecule has 1 aromatic heterocycles. The molecule has 1 heterocycles. The van der Waals surface area contributed by atoms with Crippen molar-refractivity contribution in [2.24, 2.45) is 0 Å². The Morgan fingerprint density at radius 2 is 1.29 bits per heavy atom. The fourth-order valence-corrected chi connectivity index (χ4v) is 5.94. The summed E-state index contributed by atoms with van der Waals surface area (Å²) in [6.45, 7) is 2.11. The molecule has 0 unspecified atom stereocenters. The van der Waals surface area contributed by atoms with Gasteiger partial charge < -0.3 is 9.67 Å². The topological polar surface area (TPSA) is 62.5 Å². The lowest BCUT2D eigenvalue weighted by molar-refractivity contribution is 0.166. The zero-order valence-electron chi connectivity index (χ0n) is 18.9. The predicted molar refractivity (Wildman–Crippen MR) is 138 cm³/mol. The van der Waals surface area contributed by atoms with Gasteiger partial charge in [0, 0.05) is 21.8 Å². The van der Waals surface area contributed by atoms with E-state index in [-0.39, 0.29) is 18.0 Å². The number of sulfonamides is 1. The number of aliphatic hydroxyl groups is 1. The lowest BCUT2D eigenvalue weighted by atomic mass is 10.2. The molecule has 0 bridgehead atoms. The average Bonchev–Trinajstić information content (AvgIpc) is 3.17. The summed E-state index contributed by atoms with van der Waals surface area (Å²) < 4.78 is 30.6.